The third kappa shape index (κ3) is 2.99. The van der Waals surface area contributed by atoms with Gasteiger partial charge in [0.25, 0.3) is 0 Å². The Morgan fingerprint density at radius 2 is 2.00 bits per heavy atom. The van der Waals surface area contributed by atoms with Crippen LogP contribution in [0.3, 0.4) is 0 Å². The van der Waals surface area contributed by atoms with E-state index < -0.39 is 0 Å². The summed E-state index contributed by atoms with van der Waals surface area (Å²) in [6.45, 7) is 3.72. The molecule has 2 rings (SSSR count). The molecule has 1 aromatic carbocycles. The van der Waals surface area contributed by atoms with Gasteiger partial charge in [-0.3, -0.25) is 0 Å². The van der Waals surface area contributed by atoms with E-state index in [1.54, 1.807) is 20.1 Å². The Balaban J connectivity index is 2.29. The molecule has 0 amide bonds. The standard InChI is InChI=1S/C14H14N4O/c1-9-6-11(4-5-13(9)19-3)18-14-7-12(8-15)16-10(2)17-14/h4-7H,1-3H3,(H,16,17,18). The Morgan fingerprint density at radius 1 is 1.21 bits per heavy atom. The van der Waals surface area contributed by atoms with Crippen molar-refractivity contribution in [2.24, 2.45) is 0 Å². The van der Waals surface area contributed by atoms with Gasteiger partial charge in [0.05, 0.1) is 7.11 Å². The molecule has 0 atom stereocenters. The smallest absolute Gasteiger partial charge is 0.146 e. The Hall–Kier alpha value is -2.61. The topological polar surface area (TPSA) is 70.8 Å². The van der Waals surface area contributed by atoms with E-state index in [-0.39, 0.29) is 0 Å². The number of anilines is 2. The summed E-state index contributed by atoms with van der Waals surface area (Å²) in [5.74, 6) is 2.00. The van der Waals surface area contributed by atoms with Crippen LogP contribution in [-0.2, 0) is 0 Å². The molecule has 0 fully saturated rings. The number of hydrogen-bond donors (Lipinski definition) is 1. The summed E-state index contributed by atoms with van der Waals surface area (Å²) in [5.41, 5.74) is 2.26. The highest BCUT2D eigenvalue weighted by Gasteiger charge is 2.04. The third-order valence-electron chi connectivity index (χ3n) is 2.62. The number of benzene rings is 1. The van der Waals surface area contributed by atoms with Gasteiger partial charge in [-0.2, -0.15) is 5.26 Å². The van der Waals surface area contributed by atoms with Crippen molar-refractivity contribution in [3.63, 3.8) is 0 Å². The van der Waals surface area contributed by atoms with Gasteiger partial charge < -0.3 is 10.1 Å². The van der Waals surface area contributed by atoms with Crippen LogP contribution in [-0.4, -0.2) is 17.1 Å². The van der Waals surface area contributed by atoms with E-state index in [0.29, 0.717) is 17.3 Å². The fourth-order valence-corrected chi connectivity index (χ4v) is 1.79. The summed E-state index contributed by atoms with van der Waals surface area (Å²) >= 11 is 0. The van der Waals surface area contributed by atoms with Crippen LogP contribution in [0, 0.1) is 25.2 Å². The van der Waals surface area contributed by atoms with Crippen LogP contribution < -0.4 is 10.1 Å². The van der Waals surface area contributed by atoms with Gasteiger partial charge in [0.15, 0.2) is 0 Å². The first-order valence-electron chi connectivity index (χ1n) is 5.80. The maximum absolute atomic E-state index is 8.88. The number of nitriles is 1. The Kier molecular flexibility index (Phi) is 3.62. The first-order valence-corrected chi connectivity index (χ1v) is 5.80. The van der Waals surface area contributed by atoms with E-state index >= 15 is 0 Å². The number of nitrogens with zero attached hydrogens (tertiary/aromatic N) is 3. The molecule has 0 bridgehead atoms. The quantitative estimate of drug-likeness (QED) is 0.911. The van der Waals surface area contributed by atoms with Gasteiger partial charge in [-0.05, 0) is 37.6 Å². The second kappa shape index (κ2) is 5.36. The minimum absolute atomic E-state index is 0.347. The van der Waals surface area contributed by atoms with E-state index in [0.717, 1.165) is 17.0 Å². The molecular formula is C14H14N4O. The molecule has 5 nitrogen and oxygen atoms in total. The molecule has 0 aliphatic heterocycles. The number of methoxy groups -OCH3 is 1. The summed E-state index contributed by atoms with van der Waals surface area (Å²) in [7, 11) is 1.64. The average Bonchev–Trinajstić information content (AvgIpc) is 2.38. The lowest BCUT2D eigenvalue weighted by molar-refractivity contribution is 0.412. The number of ether oxygens (including phenoxy) is 1. The number of aryl methyl sites for hydroxylation is 2. The van der Waals surface area contributed by atoms with Gasteiger partial charge in [0.1, 0.15) is 29.2 Å². The number of hydrogen-bond acceptors (Lipinski definition) is 5. The van der Waals surface area contributed by atoms with Gasteiger partial charge in [0, 0.05) is 11.8 Å². The lowest BCUT2D eigenvalue weighted by Gasteiger charge is -2.09. The summed E-state index contributed by atoms with van der Waals surface area (Å²) in [5, 5.41) is 12.0. The minimum atomic E-state index is 0.347. The van der Waals surface area contributed by atoms with E-state index in [9.17, 15) is 0 Å². The molecule has 1 heterocycles. The van der Waals surface area contributed by atoms with Crippen LogP contribution in [0.4, 0.5) is 11.5 Å². The third-order valence-corrected chi connectivity index (χ3v) is 2.62. The predicted molar refractivity (Wildman–Crippen MR) is 72.5 cm³/mol. The van der Waals surface area contributed by atoms with Crippen molar-refractivity contribution in [3.8, 4) is 11.8 Å². The van der Waals surface area contributed by atoms with Crippen molar-refractivity contribution in [2.45, 2.75) is 13.8 Å². The fourth-order valence-electron chi connectivity index (χ4n) is 1.79. The monoisotopic (exact) mass is 254 g/mol. The van der Waals surface area contributed by atoms with Gasteiger partial charge in [-0.25, -0.2) is 9.97 Å². The Bertz CT molecular complexity index is 646. The highest BCUT2D eigenvalue weighted by Crippen LogP contribution is 2.23. The lowest BCUT2D eigenvalue weighted by Crippen LogP contribution is -1.99. The minimum Gasteiger partial charge on any atom is -0.496 e. The fraction of sp³-hybridized carbons (Fsp3) is 0.214. The highest BCUT2D eigenvalue weighted by atomic mass is 16.5. The normalized spacial score (nSPS) is 9.79. The Labute approximate surface area is 111 Å². The summed E-state index contributed by atoms with van der Waals surface area (Å²) in [6, 6.07) is 9.37. The van der Waals surface area contributed by atoms with Crippen molar-refractivity contribution < 1.29 is 4.74 Å². The molecule has 0 unspecified atom stereocenters. The largest absolute Gasteiger partial charge is 0.496 e. The Morgan fingerprint density at radius 3 is 2.63 bits per heavy atom. The van der Waals surface area contributed by atoms with Gasteiger partial charge in [0.2, 0.25) is 0 Å². The first kappa shape index (κ1) is 12.8. The molecule has 0 saturated heterocycles. The van der Waals surface area contributed by atoms with Crippen molar-refractivity contribution in [1.29, 1.82) is 5.26 Å². The molecule has 1 N–H and O–H groups in total. The highest BCUT2D eigenvalue weighted by molar-refractivity contribution is 5.59. The van der Waals surface area contributed by atoms with Crippen LogP contribution in [0.15, 0.2) is 24.3 Å². The zero-order valence-electron chi connectivity index (χ0n) is 11.1. The van der Waals surface area contributed by atoms with E-state index in [2.05, 4.69) is 15.3 Å². The second-order valence-electron chi connectivity index (χ2n) is 4.11. The molecule has 96 valence electrons. The van der Waals surface area contributed by atoms with E-state index in [1.165, 1.54) is 0 Å². The van der Waals surface area contributed by atoms with Crippen LogP contribution in [0.5, 0.6) is 5.75 Å². The zero-order valence-corrected chi connectivity index (χ0v) is 11.1. The van der Waals surface area contributed by atoms with E-state index in [1.807, 2.05) is 31.2 Å². The summed E-state index contributed by atoms with van der Waals surface area (Å²) in [4.78, 5) is 8.25. The van der Waals surface area contributed by atoms with Crippen LogP contribution in [0.1, 0.15) is 17.1 Å². The molecule has 0 aliphatic carbocycles. The van der Waals surface area contributed by atoms with Crippen LogP contribution in [0.2, 0.25) is 0 Å². The zero-order chi connectivity index (χ0) is 13.8. The van der Waals surface area contributed by atoms with Crippen LogP contribution in [0.25, 0.3) is 0 Å². The summed E-state index contributed by atoms with van der Waals surface area (Å²) < 4.78 is 5.21. The van der Waals surface area contributed by atoms with Gasteiger partial charge in [-0.1, -0.05) is 0 Å². The van der Waals surface area contributed by atoms with Crippen molar-refractivity contribution in [3.05, 3.63) is 41.3 Å². The van der Waals surface area contributed by atoms with Crippen molar-refractivity contribution >= 4 is 11.5 Å². The average molecular weight is 254 g/mol. The van der Waals surface area contributed by atoms with Crippen LogP contribution >= 0.6 is 0 Å². The lowest BCUT2D eigenvalue weighted by atomic mass is 10.2. The molecule has 0 radical (unpaired) electrons. The van der Waals surface area contributed by atoms with Gasteiger partial charge >= 0.3 is 0 Å². The molecule has 5 heteroatoms. The molecule has 2 aromatic rings. The molecule has 19 heavy (non-hydrogen) atoms. The number of rotatable bonds is 3. The van der Waals surface area contributed by atoms with E-state index in [4.69, 9.17) is 10.00 Å². The predicted octanol–water partition coefficient (Wildman–Crippen LogP) is 2.72. The number of nitrogens with one attached hydrogen (secondary N) is 1. The van der Waals surface area contributed by atoms with Crippen molar-refractivity contribution in [2.75, 3.05) is 12.4 Å². The summed E-state index contributed by atoms with van der Waals surface area (Å²) in [6.07, 6.45) is 0. The molecule has 1 aromatic heterocycles. The van der Waals surface area contributed by atoms with Gasteiger partial charge in [-0.15, -0.1) is 0 Å². The molecule has 0 spiro atoms. The first-order chi connectivity index (χ1) is 9.12. The second-order valence-corrected chi connectivity index (χ2v) is 4.11. The van der Waals surface area contributed by atoms with Crippen molar-refractivity contribution in [1.82, 2.24) is 9.97 Å². The maximum Gasteiger partial charge on any atom is 0.146 e. The molecular weight excluding hydrogens is 240 g/mol. The molecule has 0 saturated carbocycles. The SMILES string of the molecule is COc1ccc(Nc2cc(C#N)nc(C)n2)cc1C. The maximum atomic E-state index is 8.88. The number of aromatic nitrogens is 2. The molecule has 0 aliphatic rings.